The normalized spacial score (nSPS) is 26.9. The summed E-state index contributed by atoms with van der Waals surface area (Å²) in [6, 6.07) is 60.3. The van der Waals surface area contributed by atoms with Gasteiger partial charge in [-0.1, -0.05) is 343 Å². The lowest BCUT2D eigenvalue weighted by molar-refractivity contribution is 0.138. The molecule has 6 fully saturated rings. The predicted molar refractivity (Wildman–Crippen MR) is 598 cm³/mol. The third-order valence-corrected chi connectivity index (χ3v) is 51.7. The molecule has 6 saturated carbocycles. The van der Waals surface area contributed by atoms with Crippen LogP contribution in [0.1, 0.15) is 358 Å². The SMILES string of the molecule is CC(C)(C)c1ccc(Oc2ccc3c(c2)C(C)(C)C2=CC4C(c5ccccc5)CC([Si](C)(C)N(C5CCCCC5)C(C)(C)C)C4C=C23)cc1.CC1C(C)C([Si](C)(C)N(C2CCCCC2)C(C)(C)C)C2C=C3C(=CC12)C(C)(C)c1cc(Oc2ccc(C(C)(C)C)cc2)ccc13.CC1CC2C=C3C(=CC2C1[Si](C)(C)N(C1CCCCC1)C(C)(C)C)c1ccc(Oc2ccc(C(C)(C)C)cc2)cc1C3(C)C. The number of allylic oxidation sites excluding steroid dienone is 12. The van der Waals surface area contributed by atoms with E-state index < -0.39 is 24.7 Å². The molecule has 0 saturated heterocycles. The van der Waals surface area contributed by atoms with E-state index >= 15 is 0 Å². The van der Waals surface area contributed by atoms with Gasteiger partial charge in [-0.2, -0.15) is 0 Å². The first-order valence-electron chi connectivity index (χ1n) is 55.0. The molecule has 7 aromatic rings. The van der Waals surface area contributed by atoms with E-state index in [1.807, 2.05) is 0 Å². The average molecular weight is 1910 g/mol. The second kappa shape index (κ2) is 37.5. The molecule has 0 amide bonds. The molecular formula is C129H181N3O3Si3. The molecule has 0 bridgehead atoms. The van der Waals surface area contributed by atoms with E-state index in [4.69, 9.17) is 14.2 Å². The molecule has 7 aromatic carbocycles. The third-order valence-electron chi connectivity index (χ3n) is 37.3. The van der Waals surface area contributed by atoms with Crippen LogP contribution in [0.2, 0.25) is 55.9 Å². The van der Waals surface area contributed by atoms with Gasteiger partial charge in [-0.25, -0.2) is 0 Å². The number of ether oxygens (including phenoxy) is 3. The van der Waals surface area contributed by atoms with Gasteiger partial charge in [0.05, 0.1) is 0 Å². The summed E-state index contributed by atoms with van der Waals surface area (Å²) in [5, 5.41) is 0. The van der Waals surface area contributed by atoms with Crippen LogP contribution in [0, 0.1) is 53.3 Å². The molecule has 138 heavy (non-hydrogen) atoms. The summed E-state index contributed by atoms with van der Waals surface area (Å²) in [5.74, 6) is 11.9. The summed E-state index contributed by atoms with van der Waals surface area (Å²) in [6.45, 7) is 81.6. The predicted octanol–water partition coefficient (Wildman–Crippen LogP) is 36.4. The molecule has 742 valence electrons. The standard InChI is InChI=1S/C46H61NOSi.C42H61NOSi.C41H59NOSi/c1-44(2,3)32-21-23-34(24-22-32)48-35-25-26-36-39-28-40-38(29-42(39)46(7,8)41(36)27-35)37(31-17-13-11-14-18-31)30-43(40)49(9,10)47(45(4,5)6)33-19-15-12-16-20-33;1-27-28(2)39(45(11,12)43(41(6,7)8)30-16-14-13-15-17-30)36-25-35-33-23-22-32(24-37(33)42(9,10)38(35)26-34(27)36)44-31-20-18-29(19-21-31)40(3,4)5;1-27-23-28-24-36-35(26-34(28)38(27)44(10,11)42(40(5,6)7)30-15-13-12-14-16-30)33-22-21-32(25-37(33)41(36,8)9)43-31-19-17-29(18-20-31)39(2,3)4/h11,13-14,17-18,21-29,33,37-38,40,43H,12,15-16,19-20,30H2,1-10H3;18-28,30,34,36,39H,13-17H2,1-12H3;17-22,24-28,30,34,38H,12-16,23H2,1-11H3. The highest BCUT2D eigenvalue weighted by molar-refractivity contribution is 6.77. The Bertz CT molecular complexity index is 5760. The summed E-state index contributed by atoms with van der Waals surface area (Å²) in [6.07, 6.45) is 40.1. The largest absolute Gasteiger partial charge is 0.457 e. The van der Waals surface area contributed by atoms with Crippen molar-refractivity contribution in [2.24, 2.45) is 53.3 Å². The molecule has 0 N–H and O–H groups in total. The van der Waals surface area contributed by atoms with Crippen molar-refractivity contribution in [3.63, 3.8) is 0 Å². The monoisotopic (exact) mass is 1900 g/mol. The van der Waals surface area contributed by atoms with Crippen LogP contribution >= 0.6 is 0 Å². The van der Waals surface area contributed by atoms with Crippen molar-refractivity contribution < 1.29 is 14.2 Å². The number of rotatable bonds is 16. The van der Waals surface area contributed by atoms with E-state index in [1.54, 1.807) is 11.1 Å². The minimum atomic E-state index is -1.91. The van der Waals surface area contributed by atoms with Crippen LogP contribution in [0.5, 0.6) is 34.5 Å². The minimum absolute atomic E-state index is 0.0184. The maximum atomic E-state index is 6.51. The Kier molecular flexibility index (Phi) is 27.8. The Balaban J connectivity index is 0.000000143. The van der Waals surface area contributed by atoms with Gasteiger partial charge in [-0.3, -0.25) is 0 Å². The summed E-state index contributed by atoms with van der Waals surface area (Å²) < 4.78 is 28.8. The van der Waals surface area contributed by atoms with Gasteiger partial charge in [0.2, 0.25) is 0 Å². The van der Waals surface area contributed by atoms with Crippen LogP contribution in [0.15, 0.2) is 211 Å². The fourth-order valence-corrected chi connectivity index (χ4v) is 49.2. The zero-order valence-electron chi connectivity index (χ0n) is 92.3. The molecule has 0 spiro atoms. The highest BCUT2D eigenvalue weighted by atomic mass is 28.3. The molecule has 9 heteroatoms. The summed E-state index contributed by atoms with van der Waals surface area (Å²) in [4.78, 5) is 0. The molecule has 12 aliphatic rings. The number of benzene rings is 7. The zero-order valence-corrected chi connectivity index (χ0v) is 95.3. The van der Waals surface area contributed by atoms with Crippen LogP contribution in [0.4, 0.5) is 0 Å². The van der Waals surface area contributed by atoms with Gasteiger partial charge in [0, 0.05) is 51.0 Å². The average Bonchev–Trinajstić information content (AvgIpc) is 1.54. The highest BCUT2D eigenvalue weighted by Gasteiger charge is 2.62. The van der Waals surface area contributed by atoms with E-state index in [-0.39, 0.29) is 49.1 Å². The Morgan fingerprint density at radius 3 is 0.978 bits per heavy atom. The van der Waals surface area contributed by atoms with E-state index in [0.717, 1.165) is 75.5 Å². The lowest BCUT2D eigenvalue weighted by Gasteiger charge is -2.56. The minimum Gasteiger partial charge on any atom is -0.457 e. The lowest BCUT2D eigenvalue weighted by Crippen LogP contribution is -2.65. The molecule has 0 aromatic heterocycles. The molecule has 0 radical (unpaired) electrons. The van der Waals surface area contributed by atoms with Crippen LogP contribution in [0.25, 0.3) is 16.7 Å². The summed E-state index contributed by atoms with van der Waals surface area (Å²) in [5.41, 5.74) is 26.2. The van der Waals surface area contributed by atoms with Gasteiger partial charge in [0.25, 0.3) is 0 Å². The maximum absolute atomic E-state index is 6.51. The van der Waals surface area contributed by atoms with Crippen molar-refractivity contribution in [2.75, 3.05) is 0 Å². The van der Waals surface area contributed by atoms with Crippen molar-refractivity contribution in [2.45, 2.75) is 425 Å². The second-order valence-electron chi connectivity index (χ2n) is 55.0. The van der Waals surface area contributed by atoms with Crippen molar-refractivity contribution in [3.05, 3.63) is 267 Å². The van der Waals surface area contributed by atoms with Gasteiger partial charge in [0.1, 0.15) is 59.2 Å². The van der Waals surface area contributed by atoms with Crippen molar-refractivity contribution in [1.29, 1.82) is 0 Å². The Morgan fingerprint density at radius 2 is 0.623 bits per heavy atom. The molecule has 13 atom stereocenters. The van der Waals surface area contributed by atoms with Crippen LogP contribution in [0.3, 0.4) is 0 Å². The Morgan fingerprint density at radius 1 is 0.304 bits per heavy atom. The zero-order chi connectivity index (χ0) is 99.4. The highest BCUT2D eigenvalue weighted by Crippen LogP contribution is 2.68. The number of nitrogens with zero attached hydrogens (tertiary/aromatic N) is 3. The topological polar surface area (TPSA) is 37.4 Å². The fraction of sp³-hybridized carbons (Fsp3) is 0.581. The van der Waals surface area contributed by atoms with Crippen molar-refractivity contribution in [3.8, 4) is 34.5 Å². The van der Waals surface area contributed by atoms with Gasteiger partial charge in [-0.15, -0.1) is 0 Å². The van der Waals surface area contributed by atoms with Crippen LogP contribution < -0.4 is 14.2 Å². The molecule has 12 aliphatic carbocycles. The number of fused-ring (bicyclic) bond motifs is 12. The maximum Gasteiger partial charge on any atom is 0.127 e. The van der Waals surface area contributed by atoms with Gasteiger partial charge >= 0.3 is 0 Å². The molecule has 13 unspecified atom stereocenters. The summed E-state index contributed by atoms with van der Waals surface area (Å²) in [7, 11) is -5.54. The first-order chi connectivity index (χ1) is 64.5. The second-order valence-corrected chi connectivity index (χ2v) is 68.4. The first-order valence-corrected chi connectivity index (χ1v) is 64.1. The van der Waals surface area contributed by atoms with Crippen LogP contribution in [-0.2, 0) is 32.5 Å². The first kappa shape index (κ1) is 102. The molecule has 0 aliphatic heterocycles. The quantitative estimate of drug-likeness (QED) is 0.0898. The van der Waals surface area contributed by atoms with Crippen LogP contribution in [-0.4, -0.2) is 73.1 Å². The fourth-order valence-electron chi connectivity index (χ4n) is 31.7. The Hall–Kier alpha value is -7.09. The smallest absolute Gasteiger partial charge is 0.127 e. The Labute approximate surface area is 842 Å². The van der Waals surface area contributed by atoms with E-state index in [0.29, 0.717) is 52.9 Å². The van der Waals surface area contributed by atoms with E-state index in [9.17, 15) is 0 Å². The van der Waals surface area contributed by atoms with Crippen molar-refractivity contribution in [1.82, 2.24) is 13.7 Å². The number of hydrogen-bond donors (Lipinski definition) is 0. The van der Waals surface area contributed by atoms with Gasteiger partial charge in [-0.05, 0) is 368 Å². The lowest BCUT2D eigenvalue weighted by atomic mass is 9.73. The number of hydrogen-bond acceptors (Lipinski definition) is 6. The molecule has 0 heterocycles. The van der Waals surface area contributed by atoms with Crippen molar-refractivity contribution >= 4 is 41.4 Å². The molecular weight excluding hydrogens is 1720 g/mol. The van der Waals surface area contributed by atoms with E-state index in [1.165, 1.54) is 187 Å². The van der Waals surface area contributed by atoms with Gasteiger partial charge in [0.15, 0.2) is 0 Å². The van der Waals surface area contributed by atoms with E-state index in [2.05, 4.69) is 434 Å². The molecule has 6 nitrogen and oxygen atoms in total. The third kappa shape index (κ3) is 19.4. The summed E-state index contributed by atoms with van der Waals surface area (Å²) >= 11 is 0. The van der Waals surface area contributed by atoms with Gasteiger partial charge < -0.3 is 27.9 Å². The molecule has 19 rings (SSSR count).